The van der Waals surface area contributed by atoms with E-state index in [1.807, 2.05) is 34.7 Å². The summed E-state index contributed by atoms with van der Waals surface area (Å²) in [5.41, 5.74) is 5.10. The number of anilines is 1. The van der Waals surface area contributed by atoms with Gasteiger partial charge in [-0.1, -0.05) is 56.7 Å². The number of furan rings is 1. The molecule has 6 rings (SSSR count). The summed E-state index contributed by atoms with van der Waals surface area (Å²) in [6.45, 7) is 5.65. The highest BCUT2D eigenvalue weighted by atomic mass is 32.2. The summed E-state index contributed by atoms with van der Waals surface area (Å²) in [6, 6.07) is 19.6. The average Bonchev–Trinajstić information content (AvgIpc) is 3.75. The van der Waals surface area contributed by atoms with E-state index in [0.717, 1.165) is 65.5 Å². The van der Waals surface area contributed by atoms with Crippen LogP contribution < -0.4 is 5.01 Å². The maximum Gasteiger partial charge on any atom is 0.243 e. The number of rotatable bonds is 8. The fraction of sp³-hybridized carbons (Fsp3) is 0.355. The molecule has 7 nitrogen and oxygen atoms in total. The second kappa shape index (κ2) is 11.3. The molecule has 40 heavy (non-hydrogen) atoms. The Hall–Kier alpha value is -3.27. The van der Waals surface area contributed by atoms with Crippen molar-refractivity contribution in [1.29, 1.82) is 0 Å². The van der Waals surface area contributed by atoms with Gasteiger partial charge in [-0.05, 0) is 60.6 Å². The van der Waals surface area contributed by atoms with Crippen molar-refractivity contribution in [3.63, 3.8) is 0 Å². The number of piperidine rings is 1. The van der Waals surface area contributed by atoms with Gasteiger partial charge in [0.1, 0.15) is 11.8 Å². The summed E-state index contributed by atoms with van der Waals surface area (Å²) in [4.78, 5) is 5.25. The zero-order chi connectivity index (χ0) is 27.7. The van der Waals surface area contributed by atoms with Gasteiger partial charge in [-0.3, -0.25) is 0 Å². The molecule has 0 N–H and O–H groups in total. The standard InChI is InChI=1S/C31H34N4O3S2/c1-22(2)19-23-8-10-24(11-9-23)27-20-29(30-7-6-18-38-30)35(33-27)31-32-28(21-39-31)25-12-14-26(15-13-25)40(36,37)34-16-4-3-5-17-34/h6-15,18,21-22,29H,3-5,16-17,19-20H2,1-2H3. The molecule has 0 saturated carbocycles. The van der Waals surface area contributed by atoms with Gasteiger partial charge in [0.15, 0.2) is 0 Å². The first kappa shape index (κ1) is 26.9. The number of thiazole rings is 1. The Bertz CT molecular complexity index is 1570. The minimum Gasteiger partial charge on any atom is -0.467 e. The van der Waals surface area contributed by atoms with E-state index < -0.39 is 10.0 Å². The molecule has 1 atom stereocenters. The zero-order valence-corrected chi connectivity index (χ0v) is 24.5. The van der Waals surface area contributed by atoms with Crippen LogP contribution >= 0.6 is 11.3 Å². The molecule has 4 aromatic rings. The molecule has 1 unspecified atom stereocenters. The van der Waals surface area contributed by atoms with Crippen molar-refractivity contribution in [2.75, 3.05) is 18.1 Å². The SMILES string of the molecule is CC(C)Cc1ccc(C2=NN(c3nc(-c4ccc(S(=O)(=O)N5CCCCC5)cc4)cs3)C(c3ccco3)C2)cc1. The van der Waals surface area contributed by atoms with Crippen LogP contribution in [0.15, 0.2) is 86.7 Å². The van der Waals surface area contributed by atoms with E-state index in [0.29, 0.717) is 23.9 Å². The van der Waals surface area contributed by atoms with Crippen molar-refractivity contribution in [2.45, 2.75) is 56.9 Å². The number of sulfonamides is 1. The molecule has 1 saturated heterocycles. The molecule has 0 radical (unpaired) electrons. The van der Waals surface area contributed by atoms with Gasteiger partial charge >= 0.3 is 0 Å². The fourth-order valence-electron chi connectivity index (χ4n) is 5.42. The van der Waals surface area contributed by atoms with Crippen LogP contribution in [0.2, 0.25) is 0 Å². The molecule has 9 heteroatoms. The molecular weight excluding hydrogens is 541 g/mol. The van der Waals surface area contributed by atoms with Crippen LogP contribution in [0.3, 0.4) is 0 Å². The lowest BCUT2D eigenvalue weighted by molar-refractivity contribution is 0.346. The van der Waals surface area contributed by atoms with Crippen molar-refractivity contribution in [3.05, 3.63) is 89.2 Å². The number of aromatic nitrogens is 1. The van der Waals surface area contributed by atoms with Crippen LogP contribution in [0.4, 0.5) is 5.13 Å². The Kier molecular flexibility index (Phi) is 7.61. The molecule has 2 aromatic heterocycles. The van der Waals surface area contributed by atoms with Crippen molar-refractivity contribution in [3.8, 4) is 11.3 Å². The Labute approximate surface area is 240 Å². The number of hydrogen-bond donors (Lipinski definition) is 0. The number of hydrogen-bond acceptors (Lipinski definition) is 7. The highest BCUT2D eigenvalue weighted by molar-refractivity contribution is 7.89. The molecule has 2 aliphatic rings. The molecule has 2 aliphatic heterocycles. The summed E-state index contributed by atoms with van der Waals surface area (Å²) in [7, 11) is -3.46. The highest BCUT2D eigenvalue weighted by Crippen LogP contribution is 2.39. The normalized spacial score (nSPS) is 18.4. The lowest BCUT2D eigenvalue weighted by Gasteiger charge is -2.25. The van der Waals surface area contributed by atoms with E-state index >= 15 is 0 Å². The molecule has 4 heterocycles. The first-order valence-corrected chi connectivity index (χ1v) is 16.3. The number of benzene rings is 2. The second-order valence-corrected chi connectivity index (χ2v) is 13.7. The van der Waals surface area contributed by atoms with Crippen LogP contribution in [0.5, 0.6) is 0 Å². The Morgan fingerprint density at radius 1 is 0.975 bits per heavy atom. The van der Waals surface area contributed by atoms with Gasteiger partial charge in [-0.15, -0.1) is 11.3 Å². The van der Waals surface area contributed by atoms with E-state index in [9.17, 15) is 8.42 Å². The van der Waals surface area contributed by atoms with Crippen LogP contribution in [0.1, 0.15) is 62.5 Å². The van der Waals surface area contributed by atoms with Crippen LogP contribution in [0.25, 0.3) is 11.3 Å². The van der Waals surface area contributed by atoms with Crippen LogP contribution in [-0.2, 0) is 16.4 Å². The van der Waals surface area contributed by atoms with Crippen molar-refractivity contribution >= 4 is 32.2 Å². The minimum absolute atomic E-state index is 0.0867. The topological polar surface area (TPSA) is 79.0 Å². The summed E-state index contributed by atoms with van der Waals surface area (Å²) < 4.78 is 33.5. The fourth-order valence-corrected chi connectivity index (χ4v) is 7.77. The monoisotopic (exact) mass is 574 g/mol. The van der Waals surface area contributed by atoms with Gasteiger partial charge in [0.2, 0.25) is 15.2 Å². The molecule has 0 amide bonds. The number of hydrazone groups is 1. The number of nitrogens with zero attached hydrogens (tertiary/aromatic N) is 4. The molecule has 0 spiro atoms. The highest BCUT2D eigenvalue weighted by Gasteiger charge is 2.33. The smallest absolute Gasteiger partial charge is 0.243 e. The molecular formula is C31H34N4O3S2. The summed E-state index contributed by atoms with van der Waals surface area (Å²) in [5.74, 6) is 1.46. The third kappa shape index (κ3) is 5.50. The molecule has 0 bridgehead atoms. The zero-order valence-electron chi connectivity index (χ0n) is 22.9. The van der Waals surface area contributed by atoms with Crippen molar-refractivity contribution in [1.82, 2.24) is 9.29 Å². The van der Waals surface area contributed by atoms with Crippen LogP contribution in [-0.4, -0.2) is 36.5 Å². The largest absolute Gasteiger partial charge is 0.467 e. The maximum absolute atomic E-state index is 13.1. The van der Waals surface area contributed by atoms with Gasteiger partial charge < -0.3 is 4.42 Å². The predicted molar refractivity (Wildman–Crippen MR) is 160 cm³/mol. The first-order valence-electron chi connectivity index (χ1n) is 13.9. The van der Waals surface area contributed by atoms with Gasteiger partial charge in [0.25, 0.3) is 0 Å². The van der Waals surface area contributed by atoms with Crippen molar-refractivity contribution in [2.24, 2.45) is 11.0 Å². The summed E-state index contributed by atoms with van der Waals surface area (Å²) in [6.07, 6.45) is 6.39. The molecule has 0 aliphatic carbocycles. The van der Waals surface area contributed by atoms with E-state index in [1.165, 1.54) is 16.9 Å². The molecule has 2 aromatic carbocycles. The van der Waals surface area contributed by atoms with Gasteiger partial charge in [0, 0.05) is 30.5 Å². The van der Waals surface area contributed by atoms with E-state index in [1.54, 1.807) is 22.7 Å². The van der Waals surface area contributed by atoms with E-state index in [-0.39, 0.29) is 6.04 Å². The maximum atomic E-state index is 13.1. The quantitative estimate of drug-likeness (QED) is 0.224. The Morgan fingerprint density at radius 2 is 1.70 bits per heavy atom. The van der Waals surface area contributed by atoms with Gasteiger partial charge in [0.05, 0.1) is 22.6 Å². The van der Waals surface area contributed by atoms with Gasteiger partial charge in [-0.25, -0.2) is 18.4 Å². The predicted octanol–water partition coefficient (Wildman–Crippen LogP) is 7.13. The van der Waals surface area contributed by atoms with E-state index in [4.69, 9.17) is 14.5 Å². The van der Waals surface area contributed by atoms with Crippen molar-refractivity contribution < 1.29 is 12.8 Å². The van der Waals surface area contributed by atoms with Gasteiger partial charge in [-0.2, -0.15) is 9.41 Å². The molecule has 1 fully saturated rings. The minimum atomic E-state index is -3.46. The lowest BCUT2D eigenvalue weighted by Crippen LogP contribution is -2.35. The average molecular weight is 575 g/mol. The molecule has 208 valence electrons. The van der Waals surface area contributed by atoms with Crippen LogP contribution in [0, 0.1) is 5.92 Å². The lowest BCUT2D eigenvalue weighted by atomic mass is 9.98. The Balaban J connectivity index is 1.25. The third-order valence-electron chi connectivity index (χ3n) is 7.50. The second-order valence-electron chi connectivity index (χ2n) is 10.9. The summed E-state index contributed by atoms with van der Waals surface area (Å²) in [5, 5.41) is 9.74. The third-order valence-corrected chi connectivity index (χ3v) is 10.2. The summed E-state index contributed by atoms with van der Waals surface area (Å²) >= 11 is 1.52. The first-order chi connectivity index (χ1) is 19.4. The van der Waals surface area contributed by atoms with E-state index in [2.05, 4.69) is 38.1 Å². The Morgan fingerprint density at radius 3 is 2.38 bits per heavy atom.